The van der Waals surface area contributed by atoms with E-state index in [4.69, 9.17) is 9.47 Å². The summed E-state index contributed by atoms with van der Waals surface area (Å²) < 4.78 is 12.5. The van der Waals surface area contributed by atoms with E-state index in [0.717, 1.165) is 18.7 Å². The van der Waals surface area contributed by atoms with Crippen LogP contribution >= 0.6 is 0 Å². The predicted molar refractivity (Wildman–Crippen MR) is 88.7 cm³/mol. The highest BCUT2D eigenvalue weighted by Crippen LogP contribution is 2.21. The summed E-state index contributed by atoms with van der Waals surface area (Å²) in [5, 5.41) is 7.00. The van der Waals surface area contributed by atoms with Crippen molar-refractivity contribution in [1.82, 2.24) is 15.1 Å². The van der Waals surface area contributed by atoms with Crippen LogP contribution in [0.25, 0.3) is 0 Å². The molecule has 0 unspecified atom stereocenters. The molecule has 2 aromatic rings. The molecule has 2 amide bonds. The zero-order valence-corrected chi connectivity index (χ0v) is 13.6. The van der Waals surface area contributed by atoms with Gasteiger partial charge in [-0.15, -0.1) is 0 Å². The monoisotopic (exact) mass is 342 g/mol. The molecule has 0 radical (unpaired) electrons. The summed E-state index contributed by atoms with van der Waals surface area (Å²) in [6.45, 7) is 2.01. The Bertz CT molecular complexity index is 766. The van der Waals surface area contributed by atoms with Gasteiger partial charge < -0.3 is 14.8 Å². The third kappa shape index (κ3) is 3.15. The van der Waals surface area contributed by atoms with Crippen LogP contribution in [0.5, 0.6) is 5.88 Å². The van der Waals surface area contributed by atoms with Gasteiger partial charge in [0, 0.05) is 24.7 Å². The summed E-state index contributed by atoms with van der Waals surface area (Å²) in [6.07, 6.45) is 0.0738. The molecule has 1 aromatic carbocycles. The highest BCUT2D eigenvalue weighted by molar-refractivity contribution is 5.93. The number of hydrogen-bond donors (Lipinski definition) is 1. The molecule has 1 fully saturated rings. The van der Waals surface area contributed by atoms with Crippen molar-refractivity contribution in [2.45, 2.75) is 19.1 Å². The number of benzene rings is 1. The number of anilines is 1. The number of carbonyl (C=O) groups excluding carboxylic acids is 2. The predicted octanol–water partition coefficient (Wildman–Crippen LogP) is 1.42. The molecule has 3 heterocycles. The fraction of sp³-hybridized carbons (Fsp3) is 0.353. The molecule has 0 aliphatic carbocycles. The average molecular weight is 342 g/mol. The van der Waals surface area contributed by atoms with E-state index in [1.165, 1.54) is 0 Å². The van der Waals surface area contributed by atoms with Gasteiger partial charge in [0.2, 0.25) is 5.88 Å². The van der Waals surface area contributed by atoms with E-state index >= 15 is 0 Å². The molecule has 1 N–H and O–H groups in total. The Balaban J connectivity index is 1.35. The third-order valence-electron chi connectivity index (χ3n) is 4.17. The summed E-state index contributed by atoms with van der Waals surface area (Å²) in [4.78, 5) is 25.8. The van der Waals surface area contributed by atoms with Gasteiger partial charge in [-0.05, 0) is 12.1 Å². The average Bonchev–Trinajstić information content (AvgIpc) is 3.24. The first-order chi connectivity index (χ1) is 12.2. The molecule has 2 aliphatic rings. The summed E-state index contributed by atoms with van der Waals surface area (Å²) in [5.74, 6) is 0.304. The minimum Gasteiger partial charge on any atom is -0.478 e. The van der Waals surface area contributed by atoms with Crippen molar-refractivity contribution in [3.63, 3.8) is 0 Å². The fourth-order valence-electron chi connectivity index (χ4n) is 2.92. The van der Waals surface area contributed by atoms with Crippen molar-refractivity contribution < 1.29 is 19.1 Å². The van der Waals surface area contributed by atoms with Crippen LogP contribution in [0.2, 0.25) is 0 Å². The van der Waals surface area contributed by atoms with E-state index < -0.39 is 12.2 Å². The molecule has 130 valence electrons. The number of amides is 2. The molecule has 0 spiro atoms. The van der Waals surface area contributed by atoms with E-state index in [9.17, 15) is 9.59 Å². The molecular formula is C17H18N4O4. The normalized spacial score (nSPS) is 19.1. The minimum atomic E-state index is -0.406. The van der Waals surface area contributed by atoms with Crippen LogP contribution in [0.3, 0.4) is 0 Å². The zero-order chi connectivity index (χ0) is 17.2. The van der Waals surface area contributed by atoms with Gasteiger partial charge in [0.25, 0.3) is 5.91 Å². The van der Waals surface area contributed by atoms with Crippen molar-refractivity contribution in [2.75, 3.05) is 24.6 Å². The lowest BCUT2D eigenvalue weighted by atomic mass is 10.2. The Morgan fingerprint density at radius 3 is 2.96 bits per heavy atom. The van der Waals surface area contributed by atoms with E-state index in [1.807, 2.05) is 30.3 Å². The van der Waals surface area contributed by atoms with Gasteiger partial charge in [0.05, 0.1) is 19.7 Å². The van der Waals surface area contributed by atoms with Crippen LogP contribution in [0.4, 0.5) is 10.5 Å². The van der Waals surface area contributed by atoms with E-state index in [-0.39, 0.29) is 12.5 Å². The summed E-state index contributed by atoms with van der Waals surface area (Å²) in [5.41, 5.74) is 1.08. The van der Waals surface area contributed by atoms with Crippen LogP contribution in [0, 0.1) is 0 Å². The van der Waals surface area contributed by atoms with E-state index in [1.54, 1.807) is 15.6 Å². The van der Waals surface area contributed by atoms with Crippen LogP contribution in [0.15, 0.2) is 36.4 Å². The second-order valence-electron chi connectivity index (χ2n) is 5.95. The van der Waals surface area contributed by atoms with Crippen molar-refractivity contribution in [3.8, 4) is 5.88 Å². The first-order valence-electron chi connectivity index (χ1n) is 8.23. The summed E-state index contributed by atoms with van der Waals surface area (Å²) in [7, 11) is 0. The first-order valence-corrected chi connectivity index (χ1v) is 8.23. The molecule has 0 bridgehead atoms. The zero-order valence-electron chi connectivity index (χ0n) is 13.6. The maximum atomic E-state index is 12.3. The number of aromatic nitrogens is 2. The molecule has 0 saturated carbocycles. The largest absolute Gasteiger partial charge is 0.478 e. The number of para-hydroxylation sites is 1. The fourth-order valence-corrected chi connectivity index (χ4v) is 2.92. The van der Waals surface area contributed by atoms with Gasteiger partial charge in [-0.1, -0.05) is 18.2 Å². The number of cyclic esters (lactones) is 1. The molecule has 25 heavy (non-hydrogen) atoms. The van der Waals surface area contributed by atoms with Gasteiger partial charge in [-0.25, -0.2) is 9.48 Å². The van der Waals surface area contributed by atoms with Crippen LogP contribution in [-0.2, 0) is 11.3 Å². The Labute approximate surface area is 144 Å². The molecule has 4 rings (SSSR count). The van der Waals surface area contributed by atoms with E-state index in [2.05, 4.69) is 10.4 Å². The van der Waals surface area contributed by atoms with Crippen LogP contribution in [-0.4, -0.2) is 47.6 Å². The second-order valence-corrected chi connectivity index (χ2v) is 5.95. The van der Waals surface area contributed by atoms with Gasteiger partial charge in [-0.3, -0.25) is 9.69 Å². The number of fused-ring (bicyclic) bond motifs is 1. The Morgan fingerprint density at radius 1 is 1.32 bits per heavy atom. The maximum absolute atomic E-state index is 12.3. The molecular weight excluding hydrogens is 324 g/mol. The van der Waals surface area contributed by atoms with E-state index in [0.29, 0.717) is 24.7 Å². The molecule has 1 aromatic heterocycles. The van der Waals surface area contributed by atoms with Crippen molar-refractivity contribution in [1.29, 1.82) is 0 Å². The molecule has 1 saturated heterocycles. The number of hydrogen-bond acceptors (Lipinski definition) is 5. The van der Waals surface area contributed by atoms with Gasteiger partial charge in [0.1, 0.15) is 6.10 Å². The molecule has 8 heteroatoms. The molecule has 8 nitrogen and oxygen atoms in total. The lowest BCUT2D eigenvalue weighted by Gasteiger charge is -2.13. The number of nitrogens with one attached hydrogen (secondary N) is 1. The van der Waals surface area contributed by atoms with Gasteiger partial charge >= 0.3 is 6.09 Å². The second kappa shape index (κ2) is 6.46. The standard InChI is InChI=1S/C17H18N4O4/c22-16(14-9-15-21(19-14)7-4-8-24-15)18-10-13-11-20(17(23)25-13)12-5-2-1-3-6-12/h1-3,5-6,9,13H,4,7-8,10-11H2,(H,18,22)/t13-/m0/s1. The Hall–Kier alpha value is -3.03. The maximum Gasteiger partial charge on any atom is 0.414 e. The number of carbonyl (C=O) groups is 2. The first kappa shape index (κ1) is 15.5. The highest BCUT2D eigenvalue weighted by Gasteiger charge is 2.32. The molecule has 2 aliphatic heterocycles. The number of aryl methyl sites for hydroxylation is 1. The Kier molecular flexibility index (Phi) is 4.01. The summed E-state index contributed by atoms with van der Waals surface area (Å²) in [6, 6.07) is 10.9. The Morgan fingerprint density at radius 2 is 2.16 bits per heavy atom. The summed E-state index contributed by atoms with van der Waals surface area (Å²) >= 11 is 0. The minimum absolute atomic E-state index is 0.233. The third-order valence-corrected chi connectivity index (χ3v) is 4.17. The van der Waals surface area contributed by atoms with Crippen molar-refractivity contribution in [2.24, 2.45) is 0 Å². The lowest BCUT2D eigenvalue weighted by Crippen LogP contribution is -2.34. The van der Waals surface area contributed by atoms with Crippen LogP contribution < -0.4 is 15.0 Å². The number of ether oxygens (including phenoxy) is 2. The topological polar surface area (TPSA) is 85.7 Å². The quantitative estimate of drug-likeness (QED) is 0.908. The van der Waals surface area contributed by atoms with Crippen LogP contribution in [0.1, 0.15) is 16.9 Å². The smallest absolute Gasteiger partial charge is 0.414 e. The van der Waals surface area contributed by atoms with Crippen molar-refractivity contribution in [3.05, 3.63) is 42.1 Å². The number of nitrogens with zero attached hydrogens (tertiary/aromatic N) is 3. The van der Waals surface area contributed by atoms with Gasteiger partial charge in [0.15, 0.2) is 5.69 Å². The number of rotatable bonds is 4. The highest BCUT2D eigenvalue weighted by atomic mass is 16.6. The lowest BCUT2D eigenvalue weighted by molar-refractivity contribution is 0.0910. The SMILES string of the molecule is O=C(NC[C@H]1CN(c2ccccc2)C(=O)O1)c1cc2n(n1)CCCO2. The van der Waals surface area contributed by atoms with Crippen molar-refractivity contribution >= 4 is 17.7 Å². The van der Waals surface area contributed by atoms with Gasteiger partial charge in [-0.2, -0.15) is 5.10 Å². The molecule has 1 atom stereocenters.